The van der Waals surface area contributed by atoms with Crippen molar-refractivity contribution in [1.29, 1.82) is 0 Å². The lowest BCUT2D eigenvalue weighted by Gasteiger charge is -2.04. The zero-order chi connectivity index (χ0) is 14.1. The average molecular weight is 264 g/mol. The summed E-state index contributed by atoms with van der Waals surface area (Å²) in [6, 6.07) is 3.48. The number of carbonyl (C=O) groups is 1. The summed E-state index contributed by atoms with van der Waals surface area (Å²) in [5, 5.41) is 9.18. The quantitative estimate of drug-likeness (QED) is 0.548. The fraction of sp³-hybridized carbons (Fsp3) is 0.625. The van der Waals surface area contributed by atoms with E-state index in [1.807, 2.05) is 17.8 Å². The molecule has 0 saturated heterocycles. The molecule has 0 fully saturated rings. The van der Waals surface area contributed by atoms with Gasteiger partial charge >= 0.3 is 5.97 Å². The standard InChI is InChI=1S/C16H25NO2/c1-3-4-5-6-7-8-9-12-15-14(16(18)19)11-10-13-17(15)2/h10-11,13H,3-9,12H2,1-2H3/p+1. The molecule has 0 radical (unpaired) electrons. The second-order valence-electron chi connectivity index (χ2n) is 5.16. The Morgan fingerprint density at radius 2 is 1.79 bits per heavy atom. The van der Waals surface area contributed by atoms with E-state index in [-0.39, 0.29) is 0 Å². The lowest BCUT2D eigenvalue weighted by Crippen LogP contribution is -2.35. The van der Waals surface area contributed by atoms with Crippen molar-refractivity contribution < 1.29 is 14.5 Å². The summed E-state index contributed by atoms with van der Waals surface area (Å²) >= 11 is 0. The molecule has 1 aromatic rings. The van der Waals surface area contributed by atoms with Crippen LogP contribution in [0.15, 0.2) is 18.3 Å². The third-order valence-corrected chi connectivity index (χ3v) is 3.56. The van der Waals surface area contributed by atoms with E-state index in [2.05, 4.69) is 6.92 Å². The minimum Gasteiger partial charge on any atom is -0.477 e. The summed E-state index contributed by atoms with van der Waals surface area (Å²) in [6.07, 6.45) is 11.5. The smallest absolute Gasteiger partial charge is 0.342 e. The molecular formula is C16H26NO2+. The summed E-state index contributed by atoms with van der Waals surface area (Å²) in [5.41, 5.74) is 1.37. The third kappa shape index (κ3) is 5.41. The molecule has 1 aromatic heterocycles. The second-order valence-corrected chi connectivity index (χ2v) is 5.16. The average Bonchev–Trinajstić information content (AvgIpc) is 2.39. The van der Waals surface area contributed by atoms with Crippen molar-refractivity contribution in [3.63, 3.8) is 0 Å². The third-order valence-electron chi connectivity index (χ3n) is 3.56. The molecular weight excluding hydrogens is 238 g/mol. The van der Waals surface area contributed by atoms with Crippen molar-refractivity contribution >= 4 is 5.97 Å². The Morgan fingerprint density at radius 1 is 1.16 bits per heavy atom. The molecule has 19 heavy (non-hydrogen) atoms. The van der Waals surface area contributed by atoms with Gasteiger partial charge in [0.25, 0.3) is 0 Å². The Kier molecular flexibility index (Phi) is 7.16. The first-order valence-corrected chi connectivity index (χ1v) is 7.37. The van der Waals surface area contributed by atoms with Gasteiger partial charge in [-0.2, -0.15) is 0 Å². The van der Waals surface area contributed by atoms with Gasteiger partial charge in [0.05, 0.1) is 0 Å². The number of nitrogens with zero attached hydrogens (tertiary/aromatic N) is 1. The van der Waals surface area contributed by atoms with Gasteiger partial charge in [0.15, 0.2) is 11.9 Å². The molecule has 0 bridgehead atoms. The molecule has 3 nitrogen and oxygen atoms in total. The first-order chi connectivity index (χ1) is 9.16. The number of carboxylic acid groups (broad SMARTS) is 1. The molecule has 3 heteroatoms. The highest BCUT2D eigenvalue weighted by atomic mass is 16.4. The van der Waals surface area contributed by atoms with Crippen LogP contribution in [0, 0.1) is 0 Å². The number of rotatable bonds is 9. The maximum atomic E-state index is 11.2. The van der Waals surface area contributed by atoms with E-state index in [0.717, 1.165) is 18.5 Å². The molecule has 106 valence electrons. The highest BCUT2D eigenvalue weighted by Gasteiger charge is 2.17. The zero-order valence-corrected chi connectivity index (χ0v) is 12.2. The number of aromatic carboxylic acids is 1. The largest absolute Gasteiger partial charge is 0.477 e. The van der Waals surface area contributed by atoms with Crippen LogP contribution in [0.4, 0.5) is 0 Å². The first kappa shape index (κ1) is 15.7. The molecule has 0 aliphatic carbocycles. The number of hydrogen-bond acceptors (Lipinski definition) is 1. The highest BCUT2D eigenvalue weighted by molar-refractivity contribution is 5.88. The van der Waals surface area contributed by atoms with E-state index < -0.39 is 5.97 Å². The van der Waals surface area contributed by atoms with Gasteiger partial charge in [-0.1, -0.05) is 45.4 Å². The molecule has 0 spiro atoms. The van der Waals surface area contributed by atoms with Crippen molar-refractivity contribution in [3.05, 3.63) is 29.6 Å². The van der Waals surface area contributed by atoms with Gasteiger partial charge in [-0.3, -0.25) is 0 Å². The Labute approximate surface area is 116 Å². The molecule has 0 amide bonds. The van der Waals surface area contributed by atoms with Crippen LogP contribution in [0.3, 0.4) is 0 Å². The number of carboxylic acids is 1. The maximum Gasteiger partial charge on any atom is 0.342 e. The summed E-state index contributed by atoms with van der Waals surface area (Å²) in [4.78, 5) is 11.2. The number of aromatic nitrogens is 1. The topological polar surface area (TPSA) is 41.2 Å². The second kappa shape index (κ2) is 8.68. The van der Waals surface area contributed by atoms with Gasteiger partial charge in [0, 0.05) is 12.5 Å². The van der Waals surface area contributed by atoms with Crippen molar-refractivity contribution in [2.24, 2.45) is 7.05 Å². The SMILES string of the molecule is CCCCCCCCCc1c(C(=O)O)ccc[n+]1C. The van der Waals surface area contributed by atoms with Gasteiger partial charge in [0.2, 0.25) is 0 Å². The lowest BCUT2D eigenvalue weighted by molar-refractivity contribution is -0.679. The predicted octanol–water partition coefficient (Wildman–Crippen LogP) is 3.50. The molecule has 0 saturated carbocycles. The molecule has 0 atom stereocenters. The van der Waals surface area contributed by atoms with Crippen LogP contribution in [-0.2, 0) is 13.5 Å². The molecule has 0 aromatic carbocycles. The molecule has 1 N–H and O–H groups in total. The van der Waals surface area contributed by atoms with Gasteiger partial charge in [-0.05, 0) is 12.5 Å². The van der Waals surface area contributed by atoms with Gasteiger partial charge in [-0.25, -0.2) is 9.36 Å². The van der Waals surface area contributed by atoms with Crippen molar-refractivity contribution in [1.82, 2.24) is 0 Å². The normalized spacial score (nSPS) is 10.6. The fourth-order valence-electron chi connectivity index (χ4n) is 2.40. The number of aryl methyl sites for hydroxylation is 1. The Bertz CT molecular complexity index is 402. The Morgan fingerprint density at radius 3 is 2.42 bits per heavy atom. The van der Waals surface area contributed by atoms with Crippen LogP contribution >= 0.6 is 0 Å². The van der Waals surface area contributed by atoms with E-state index >= 15 is 0 Å². The Balaban J connectivity index is 2.38. The zero-order valence-electron chi connectivity index (χ0n) is 12.2. The summed E-state index contributed by atoms with van der Waals surface area (Å²) in [7, 11) is 1.92. The van der Waals surface area contributed by atoms with Gasteiger partial charge in [0.1, 0.15) is 12.6 Å². The van der Waals surface area contributed by atoms with Gasteiger partial charge < -0.3 is 5.11 Å². The van der Waals surface area contributed by atoms with E-state index in [1.54, 1.807) is 12.1 Å². The van der Waals surface area contributed by atoms with E-state index in [4.69, 9.17) is 0 Å². The number of unbranched alkanes of at least 4 members (excludes halogenated alkanes) is 6. The minimum absolute atomic E-state index is 0.441. The van der Waals surface area contributed by atoms with Gasteiger partial charge in [-0.15, -0.1) is 0 Å². The van der Waals surface area contributed by atoms with Crippen LogP contribution in [0.5, 0.6) is 0 Å². The van der Waals surface area contributed by atoms with Crippen molar-refractivity contribution in [3.8, 4) is 0 Å². The van der Waals surface area contributed by atoms with Crippen LogP contribution in [0.1, 0.15) is 67.9 Å². The van der Waals surface area contributed by atoms with Crippen LogP contribution in [0.25, 0.3) is 0 Å². The van der Waals surface area contributed by atoms with E-state index in [1.165, 1.54) is 38.5 Å². The minimum atomic E-state index is -0.825. The molecule has 1 rings (SSSR count). The predicted molar refractivity (Wildman–Crippen MR) is 76.3 cm³/mol. The number of hydrogen-bond donors (Lipinski definition) is 1. The molecule has 0 aliphatic rings. The van der Waals surface area contributed by atoms with Crippen LogP contribution in [0.2, 0.25) is 0 Å². The lowest BCUT2D eigenvalue weighted by atomic mass is 10.0. The molecule has 1 heterocycles. The fourth-order valence-corrected chi connectivity index (χ4v) is 2.40. The first-order valence-electron chi connectivity index (χ1n) is 7.37. The van der Waals surface area contributed by atoms with Crippen molar-refractivity contribution in [2.45, 2.75) is 58.3 Å². The monoisotopic (exact) mass is 264 g/mol. The summed E-state index contributed by atoms with van der Waals surface area (Å²) in [6.45, 7) is 2.23. The van der Waals surface area contributed by atoms with Crippen molar-refractivity contribution in [2.75, 3.05) is 0 Å². The van der Waals surface area contributed by atoms with Crippen LogP contribution < -0.4 is 4.57 Å². The summed E-state index contributed by atoms with van der Waals surface area (Å²) < 4.78 is 1.93. The van der Waals surface area contributed by atoms with Crippen LogP contribution in [-0.4, -0.2) is 11.1 Å². The molecule has 0 aliphatic heterocycles. The summed E-state index contributed by atoms with van der Waals surface area (Å²) in [5.74, 6) is -0.825. The Hall–Kier alpha value is -1.38. The van der Waals surface area contributed by atoms with E-state index in [9.17, 15) is 9.90 Å². The van der Waals surface area contributed by atoms with E-state index in [0.29, 0.717) is 5.56 Å². The molecule has 0 unspecified atom stereocenters. The highest BCUT2D eigenvalue weighted by Crippen LogP contribution is 2.11. The maximum absolute atomic E-state index is 11.2. The number of pyridine rings is 1.